The van der Waals surface area contributed by atoms with E-state index in [1.807, 2.05) is 20.8 Å². The summed E-state index contributed by atoms with van der Waals surface area (Å²) in [5.74, 6) is 0.392. The molecule has 0 bridgehead atoms. The van der Waals surface area contributed by atoms with E-state index in [9.17, 15) is 9.90 Å². The summed E-state index contributed by atoms with van der Waals surface area (Å²) in [6, 6.07) is 9.68. The lowest BCUT2D eigenvalue weighted by Crippen LogP contribution is -2.42. The first-order valence-corrected chi connectivity index (χ1v) is 10.4. The van der Waals surface area contributed by atoms with E-state index in [0.29, 0.717) is 33.8 Å². The number of amides is 1. The summed E-state index contributed by atoms with van der Waals surface area (Å²) in [4.78, 5) is 19.1. The van der Waals surface area contributed by atoms with Crippen LogP contribution in [0.5, 0.6) is 0 Å². The third-order valence-corrected chi connectivity index (χ3v) is 5.12. The Morgan fingerprint density at radius 2 is 1.97 bits per heavy atom. The summed E-state index contributed by atoms with van der Waals surface area (Å²) in [7, 11) is 0. The number of aliphatic hydroxyl groups is 1. The van der Waals surface area contributed by atoms with E-state index < -0.39 is 23.8 Å². The number of benzene rings is 1. The zero-order chi connectivity index (χ0) is 21.2. The third kappa shape index (κ3) is 6.08. The van der Waals surface area contributed by atoms with Gasteiger partial charge in [0.1, 0.15) is 17.7 Å². The van der Waals surface area contributed by atoms with Crippen molar-refractivity contribution in [3.63, 3.8) is 0 Å². The van der Waals surface area contributed by atoms with Crippen molar-refractivity contribution in [1.29, 1.82) is 0 Å². The Balaban J connectivity index is 2.02. The normalized spacial score (nSPS) is 16.2. The fourth-order valence-corrected chi connectivity index (χ4v) is 3.44. The molecule has 2 aromatic rings. The first-order valence-electron chi connectivity index (χ1n) is 9.68. The summed E-state index contributed by atoms with van der Waals surface area (Å²) in [5, 5.41) is 12.3. The zero-order valence-electron chi connectivity index (χ0n) is 16.8. The minimum absolute atomic E-state index is 0.392. The van der Waals surface area contributed by atoms with E-state index in [1.54, 1.807) is 41.3 Å². The van der Waals surface area contributed by atoms with Crippen molar-refractivity contribution in [2.24, 2.45) is 5.92 Å². The molecule has 0 radical (unpaired) electrons. The van der Waals surface area contributed by atoms with E-state index in [4.69, 9.17) is 27.9 Å². The Hall–Kier alpha value is -1.82. The molecule has 1 amide bonds. The van der Waals surface area contributed by atoms with Crippen molar-refractivity contribution in [3.8, 4) is 0 Å². The number of hydrogen-bond acceptors (Lipinski definition) is 4. The maximum Gasteiger partial charge on any atom is 0.410 e. The average Bonchev–Trinajstić information content (AvgIpc) is 3.45. The number of carbonyl (C=O) groups excluding carboxylic acids is 1. The summed E-state index contributed by atoms with van der Waals surface area (Å²) >= 11 is 12.1. The van der Waals surface area contributed by atoms with Gasteiger partial charge >= 0.3 is 6.09 Å². The lowest BCUT2D eigenvalue weighted by molar-refractivity contribution is -0.00976. The van der Waals surface area contributed by atoms with Gasteiger partial charge in [-0.05, 0) is 69.4 Å². The van der Waals surface area contributed by atoms with E-state index in [0.717, 1.165) is 12.8 Å². The van der Waals surface area contributed by atoms with E-state index in [1.165, 1.54) is 6.20 Å². The number of aliphatic hydroxyl groups excluding tert-OH is 1. The van der Waals surface area contributed by atoms with Crippen LogP contribution in [0.25, 0.3) is 0 Å². The SMILES string of the molecule is CC(C)(C)OC(=O)N(CC1CC1)[C@H](c1ccc(Cl)cn1)[C@H](O)c1cccc(Cl)c1. The lowest BCUT2D eigenvalue weighted by Gasteiger charge is -2.36. The first-order chi connectivity index (χ1) is 13.6. The van der Waals surface area contributed by atoms with Crippen LogP contribution in [0.4, 0.5) is 4.79 Å². The second kappa shape index (κ2) is 8.90. The lowest BCUT2D eigenvalue weighted by atomic mass is 9.97. The van der Waals surface area contributed by atoms with Crippen molar-refractivity contribution in [1.82, 2.24) is 9.88 Å². The van der Waals surface area contributed by atoms with Gasteiger partial charge in [-0.25, -0.2) is 4.79 Å². The highest BCUT2D eigenvalue weighted by Gasteiger charge is 2.39. The molecule has 29 heavy (non-hydrogen) atoms. The first kappa shape index (κ1) is 21.9. The molecule has 3 rings (SSSR count). The third-order valence-electron chi connectivity index (χ3n) is 4.66. The smallest absolute Gasteiger partial charge is 0.410 e. The van der Waals surface area contributed by atoms with Crippen molar-refractivity contribution in [2.45, 2.75) is 51.4 Å². The summed E-state index contributed by atoms with van der Waals surface area (Å²) in [6.45, 7) is 5.96. The number of rotatable bonds is 6. The van der Waals surface area contributed by atoms with Gasteiger partial charge in [-0.1, -0.05) is 35.3 Å². The maximum absolute atomic E-state index is 13.1. The molecule has 1 N–H and O–H groups in total. The molecular weight excluding hydrogens is 411 g/mol. The van der Waals surface area contributed by atoms with Gasteiger partial charge in [0, 0.05) is 17.8 Å². The van der Waals surface area contributed by atoms with Crippen LogP contribution in [-0.2, 0) is 4.74 Å². The number of nitrogens with zero attached hydrogens (tertiary/aromatic N) is 2. The second-order valence-electron chi connectivity index (χ2n) is 8.42. The number of carbonyl (C=O) groups is 1. The molecule has 0 spiro atoms. The number of hydrogen-bond donors (Lipinski definition) is 1. The Morgan fingerprint density at radius 3 is 2.52 bits per heavy atom. The summed E-state index contributed by atoms with van der Waals surface area (Å²) in [5.41, 5.74) is 0.481. The quantitative estimate of drug-likeness (QED) is 0.620. The van der Waals surface area contributed by atoms with Crippen LogP contribution in [0.2, 0.25) is 10.0 Å². The van der Waals surface area contributed by atoms with E-state index in [-0.39, 0.29) is 0 Å². The molecule has 1 heterocycles. The van der Waals surface area contributed by atoms with Crippen LogP contribution in [-0.4, -0.2) is 33.2 Å². The Morgan fingerprint density at radius 1 is 1.24 bits per heavy atom. The van der Waals surface area contributed by atoms with E-state index in [2.05, 4.69) is 4.98 Å². The molecule has 0 aliphatic heterocycles. The maximum atomic E-state index is 13.1. The van der Waals surface area contributed by atoms with Crippen LogP contribution in [0.1, 0.15) is 57.0 Å². The van der Waals surface area contributed by atoms with Gasteiger partial charge in [0.2, 0.25) is 0 Å². The molecule has 0 unspecified atom stereocenters. The van der Waals surface area contributed by atoms with Gasteiger partial charge < -0.3 is 9.84 Å². The largest absolute Gasteiger partial charge is 0.444 e. The number of ether oxygens (including phenoxy) is 1. The van der Waals surface area contributed by atoms with Crippen molar-refractivity contribution < 1.29 is 14.6 Å². The fraction of sp³-hybridized carbons (Fsp3) is 0.455. The Bertz CT molecular complexity index is 848. The molecule has 1 aromatic heterocycles. The van der Waals surface area contributed by atoms with Gasteiger partial charge in [-0.3, -0.25) is 9.88 Å². The van der Waals surface area contributed by atoms with Crippen molar-refractivity contribution in [2.75, 3.05) is 6.54 Å². The number of aromatic nitrogens is 1. The highest BCUT2D eigenvalue weighted by molar-refractivity contribution is 6.30. The topological polar surface area (TPSA) is 62.7 Å². The molecule has 1 fully saturated rings. The highest BCUT2D eigenvalue weighted by Crippen LogP contribution is 2.39. The second-order valence-corrected chi connectivity index (χ2v) is 9.29. The predicted octanol–water partition coefficient (Wildman–Crippen LogP) is 5.81. The monoisotopic (exact) mass is 436 g/mol. The fourth-order valence-electron chi connectivity index (χ4n) is 3.13. The molecule has 0 saturated heterocycles. The molecule has 1 saturated carbocycles. The van der Waals surface area contributed by atoms with E-state index >= 15 is 0 Å². The molecule has 5 nitrogen and oxygen atoms in total. The van der Waals surface area contributed by atoms with Crippen LogP contribution in [0.3, 0.4) is 0 Å². The summed E-state index contributed by atoms with van der Waals surface area (Å²) in [6.07, 6.45) is 2.10. The van der Waals surface area contributed by atoms with Crippen molar-refractivity contribution >= 4 is 29.3 Å². The van der Waals surface area contributed by atoms with Gasteiger partial charge in [0.25, 0.3) is 0 Å². The van der Waals surface area contributed by atoms with Crippen LogP contribution >= 0.6 is 23.2 Å². The molecule has 7 heteroatoms. The molecule has 1 aromatic carbocycles. The van der Waals surface area contributed by atoms with Crippen LogP contribution < -0.4 is 0 Å². The van der Waals surface area contributed by atoms with Crippen LogP contribution in [0, 0.1) is 5.92 Å². The standard InChI is InChI=1S/C22H26Cl2N2O3/c1-22(2,3)29-21(28)26(13-14-7-8-14)19(18-10-9-17(24)12-25-18)20(27)15-5-4-6-16(23)11-15/h4-6,9-12,14,19-20,27H,7-8,13H2,1-3H3/t19-,20-/m1/s1. The van der Waals surface area contributed by atoms with Crippen molar-refractivity contribution in [3.05, 3.63) is 63.9 Å². The Kier molecular flexibility index (Phi) is 6.72. The molecule has 156 valence electrons. The molecular formula is C22H26Cl2N2O3. The van der Waals surface area contributed by atoms with Gasteiger partial charge in [0.15, 0.2) is 0 Å². The highest BCUT2D eigenvalue weighted by atomic mass is 35.5. The minimum atomic E-state index is -1.03. The predicted molar refractivity (Wildman–Crippen MR) is 114 cm³/mol. The number of pyridine rings is 1. The molecule has 1 aliphatic rings. The zero-order valence-corrected chi connectivity index (χ0v) is 18.3. The van der Waals surface area contributed by atoms with Crippen LogP contribution in [0.15, 0.2) is 42.6 Å². The molecule has 1 aliphatic carbocycles. The average molecular weight is 437 g/mol. The van der Waals surface area contributed by atoms with Gasteiger partial charge in [-0.2, -0.15) is 0 Å². The van der Waals surface area contributed by atoms with Gasteiger partial charge in [-0.15, -0.1) is 0 Å². The number of halogens is 2. The molecule has 2 atom stereocenters. The summed E-state index contributed by atoms with van der Waals surface area (Å²) < 4.78 is 5.66. The minimum Gasteiger partial charge on any atom is -0.444 e. The van der Waals surface area contributed by atoms with Gasteiger partial charge in [0.05, 0.1) is 10.7 Å². The Labute approximate surface area is 181 Å².